The first-order valence-corrected chi connectivity index (χ1v) is 7.69. The van der Waals surface area contributed by atoms with E-state index in [0.717, 1.165) is 41.6 Å². The number of phenols is 2. The van der Waals surface area contributed by atoms with Gasteiger partial charge in [0.2, 0.25) is 0 Å². The fourth-order valence-electron chi connectivity index (χ4n) is 5.42. The molecule has 0 spiro atoms. The Labute approximate surface area is 114 Å². The van der Waals surface area contributed by atoms with Crippen molar-refractivity contribution < 1.29 is 10.2 Å². The molecule has 0 radical (unpaired) electrons. The van der Waals surface area contributed by atoms with Gasteiger partial charge >= 0.3 is 0 Å². The Morgan fingerprint density at radius 3 is 1.84 bits per heavy atom. The molecule has 4 aliphatic carbocycles. The first kappa shape index (κ1) is 11.6. The van der Waals surface area contributed by atoms with Gasteiger partial charge in [-0.05, 0) is 85.8 Å². The first-order chi connectivity index (χ1) is 9.17. The Morgan fingerprint density at radius 2 is 1.32 bits per heavy atom. The summed E-state index contributed by atoms with van der Waals surface area (Å²) in [5.41, 5.74) is 1.11. The standard InChI is InChI=1S/C17H22O2/c18-15-6-12(7-16(19)9-15)8-17-13-2-10-1-11(4-13)5-14(17)3-10/h6-7,9-11,13-14,17-19H,1-5,8H2. The molecule has 2 N–H and O–H groups in total. The molecule has 4 saturated carbocycles. The van der Waals surface area contributed by atoms with Gasteiger partial charge in [-0.15, -0.1) is 0 Å². The van der Waals surface area contributed by atoms with Crippen LogP contribution in [0.15, 0.2) is 18.2 Å². The third-order valence-electron chi connectivity index (χ3n) is 5.86. The van der Waals surface area contributed by atoms with E-state index >= 15 is 0 Å². The monoisotopic (exact) mass is 258 g/mol. The molecule has 1 aromatic carbocycles. The van der Waals surface area contributed by atoms with Crippen molar-refractivity contribution in [2.45, 2.75) is 38.5 Å². The summed E-state index contributed by atoms with van der Waals surface area (Å²) in [4.78, 5) is 0. The molecule has 0 heterocycles. The summed E-state index contributed by atoms with van der Waals surface area (Å²) in [6, 6.07) is 5.07. The molecule has 2 heteroatoms. The lowest BCUT2D eigenvalue weighted by Gasteiger charge is -2.54. The third-order valence-corrected chi connectivity index (χ3v) is 5.86. The van der Waals surface area contributed by atoms with E-state index in [-0.39, 0.29) is 11.5 Å². The molecule has 0 atom stereocenters. The van der Waals surface area contributed by atoms with Crippen molar-refractivity contribution in [2.75, 3.05) is 0 Å². The molecule has 4 fully saturated rings. The van der Waals surface area contributed by atoms with Gasteiger partial charge in [-0.3, -0.25) is 0 Å². The molecule has 0 unspecified atom stereocenters. The van der Waals surface area contributed by atoms with Crippen LogP contribution < -0.4 is 0 Å². The minimum Gasteiger partial charge on any atom is -0.508 e. The van der Waals surface area contributed by atoms with E-state index in [1.807, 2.05) is 12.1 Å². The van der Waals surface area contributed by atoms with E-state index < -0.39 is 0 Å². The Kier molecular flexibility index (Phi) is 2.54. The quantitative estimate of drug-likeness (QED) is 0.849. The highest BCUT2D eigenvalue weighted by molar-refractivity contribution is 5.37. The van der Waals surface area contributed by atoms with Crippen LogP contribution in [0.25, 0.3) is 0 Å². The molecule has 102 valence electrons. The molecule has 5 rings (SSSR count). The van der Waals surface area contributed by atoms with Crippen LogP contribution in [0.3, 0.4) is 0 Å². The van der Waals surface area contributed by atoms with Gasteiger partial charge in [0.25, 0.3) is 0 Å². The largest absolute Gasteiger partial charge is 0.508 e. The second-order valence-electron chi connectivity index (χ2n) is 7.16. The van der Waals surface area contributed by atoms with Crippen molar-refractivity contribution in [2.24, 2.45) is 29.6 Å². The van der Waals surface area contributed by atoms with Crippen LogP contribution in [0, 0.1) is 29.6 Å². The highest BCUT2D eigenvalue weighted by atomic mass is 16.3. The summed E-state index contributed by atoms with van der Waals surface area (Å²) >= 11 is 0. The van der Waals surface area contributed by atoms with Crippen molar-refractivity contribution in [1.29, 1.82) is 0 Å². The topological polar surface area (TPSA) is 40.5 Å². The van der Waals surface area contributed by atoms with E-state index in [0.29, 0.717) is 0 Å². The Hall–Kier alpha value is -1.18. The van der Waals surface area contributed by atoms with Gasteiger partial charge in [-0.25, -0.2) is 0 Å². The zero-order chi connectivity index (χ0) is 13.0. The second kappa shape index (κ2) is 4.16. The van der Waals surface area contributed by atoms with Crippen LogP contribution in [0.4, 0.5) is 0 Å². The minimum absolute atomic E-state index is 0.193. The van der Waals surface area contributed by atoms with Gasteiger partial charge in [-0.1, -0.05) is 0 Å². The van der Waals surface area contributed by atoms with Crippen molar-refractivity contribution in [3.05, 3.63) is 23.8 Å². The molecular weight excluding hydrogens is 236 g/mol. The van der Waals surface area contributed by atoms with E-state index in [9.17, 15) is 10.2 Å². The summed E-state index contributed by atoms with van der Waals surface area (Å²) in [6.45, 7) is 0. The zero-order valence-corrected chi connectivity index (χ0v) is 11.3. The number of benzene rings is 1. The minimum atomic E-state index is 0.193. The van der Waals surface area contributed by atoms with Gasteiger partial charge in [0.15, 0.2) is 0 Å². The van der Waals surface area contributed by atoms with Crippen LogP contribution in [-0.4, -0.2) is 10.2 Å². The summed E-state index contributed by atoms with van der Waals surface area (Å²) in [5.74, 6) is 5.00. The lowest BCUT2D eigenvalue weighted by atomic mass is 9.51. The molecule has 4 bridgehead atoms. The van der Waals surface area contributed by atoms with Crippen molar-refractivity contribution in [3.63, 3.8) is 0 Å². The van der Waals surface area contributed by atoms with E-state index in [4.69, 9.17) is 0 Å². The van der Waals surface area contributed by atoms with Crippen LogP contribution in [0.2, 0.25) is 0 Å². The lowest BCUT2D eigenvalue weighted by Crippen LogP contribution is -2.45. The first-order valence-electron chi connectivity index (χ1n) is 7.69. The van der Waals surface area contributed by atoms with E-state index in [2.05, 4.69) is 0 Å². The fraction of sp³-hybridized carbons (Fsp3) is 0.647. The predicted octanol–water partition coefficient (Wildman–Crippen LogP) is 3.71. The number of phenolic OH excluding ortho intramolecular Hbond substituents is 2. The normalized spacial score (nSPS) is 39.7. The van der Waals surface area contributed by atoms with Crippen LogP contribution in [0.5, 0.6) is 11.5 Å². The molecule has 1 aromatic rings. The van der Waals surface area contributed by atoms with Gasteiger partial charge < -0.3 is 10.2 Å². The maximum atomic E-state index is 9.62. The van der Waals surface area contributed by atoms with Crippen molar-refractivity contribution in [3.8, 4) is 11.5 Å². The zero-order valence-electron chi connectivity index (χ0n) is 11.3. The molecular formula is C17H22O2. The third kappa shape index (κ3) is 2.01. The van der Waals surface area contributed by atoms with Crippen LogP contribution >= 0.6 is 0 Å². The van der Waals surface area contributed by atoms with Gasteiger partial charge in [0, 0.05) is 6.07 Å². The van der Waals surface area contributed by atoms with Gasteiger partial charge in [0.1, 0.15) is 11.5 Å². The highest BCUT2D eigenvalue weighted by Crippen LogP contribution is 2.57. The molecule has 2 nitrogen and oxygen atoms in total. The van der Waals surface area contributed by atoms with Crippen LogP contribution in [0.1, 0.15) is 37.7 Å². The van der Waals surface area contributed by atoms with E-state index in [1.165, 1.54) is 38.2 Å². The smallest absolute Gasteiger partial charge is 0.119 e. The Morgan fingerprint density at radius 1 is 0.789 bits per heavy atom. The average molecular weight is 258 g/mol. The number of rotatable bonds is 2. The molecule has 0 amide bonds. The Bertz CT molecular complexity index is 446. The number of hydrogen-bond acceptors (Lipinski definition) is 2. The number of hydrogen-bond donors (Lipinski definition) is 2. The lowest BCUT2D eigenvalue weighted by molar-refractivity contribution is -0.0360. The molecule has 0 aliphatic heterocycles. The highest BCUT2D eigenvalue weighted by Gasteiger charge is 2.47. The fourth-order valence-corrected chi connectivity index (χ4v) is 5.42. The van der Waals surface area contributed by atoms with Crippen LogP contribution in [-0.2, 0) is 6.42 Å². The summed E-state index contributed by atoms with van der Waals surface area (Å²) in [7, 11) is 0. The van der Waals surface area contributed by atoms with Crippen molar-refractivity contribution >= 4 is 0 Å². The Balaban J connectivity index is 1.56. The average Bonchev–Trinajstić information content (AvgIpc) is 2.31. The maximum absolute atomic E-state index is 9.62. The summed E-state index contributed by atoms with van der Waals surface area (Å²) in [6.07, 6.45) is 8.26. The van der Waals surface area contributed by atoms with Crippen molar-refractivity contribution in [1.82, 2.24) is 0 Å². The second-order valence-corrected chi connectivity index (χ2v) is 7.16. The number of aromatic hydroxyl groups is 2. The van der Waals surface area contributed by atoms with E-state index in [1.54, 1.807) is 0 Å². The molecule has 4 aliphatic rings. The molecule has 0 saturated heterocycles. The maximum Gasteiger partial charge on any atom is 0.119 e. The van der Waals surface area contributed by atoms with Gasteiger partial charge in [-0.2, -0.15) is 0 Å². The summed E-state index contributed by atoms with van der Waals surface area (Å²) < 4.78 is 0. The SMILES string of the molecule is Oc1cc(O)cc(CC2C3CC4CC(C3)CC2C4)c1. The molecule has 0 aromatic heterocycles. The molecule has 19 heavy (non-hydrogen) atoms. The predicted molar refractivity (Wildman–Crippen MR) is 74.0 cm³/mol. The van der Waals surface area contributed by atoms with Gasteiger partial charge in [0.05, 0.1) is 0 Å². The summed E-state index contributed by atoms with van der Waals surface area (Å²) in [5, 5.41) is 19.2.